The Balaban J connectivity index is 1.41. The Hall–Kier alpha value is -2.95. The van der Waals surface area contributed by atoms with Gasteiger partial charge in [0.15, 0.2) is 0 Å². The third-order valence-corrected chi connectivity index (χ3v) is 6.30. The van der Waals surface area contributed by atoms with Crippen LogP contribution in [-0.4, -0.2) is 30.1 Å². The Morgan fingerprint density at radius 2 is 1.52 bits per heavy atom. The lowest BCUT2D eigenvalue weighted by atomic mass is 10.0. The van der Waals surface area contributed by atoms with Crippen molar-refractivity contribution in [1.29, 1.82) is 0 Å². The third-order valence-electron chi connectivity index (χ3n) is 6.30. The van der Waals surface area contributed by atoms with Crippen LogP contribution in [0.25, 0.3) is 0 Å². The fourth-order valence-corrected chi connectivity index (χ4v) is 4.46. The molecule has 1 amide bonds. The first-order valence-corrected chi connectivity index (χ1v) is 12.0. The number of nitrogens with one attached hydrogen (secondary N) is 1. The van der Waals surface area contributed by atoms with Gasteiger partial charge in [-0.3, -0.25) is 9.69 Å². The van der Waals surface area contributed by atoms with E-state index in [-0.39, 0.29) is 18.2 Å². The first kappa shape index (κ1) is 23.2. The second-order valence-electron chi connectivity index (χ2n) is 8.80. The second kappa shape index (κ2) is 11.8. The summed E-state index contributed by atoms with van der Waals surface area (Å²) in [6, 6.07) is 29.7. The number of carbonyl (C=O) groups is 1. The van der Waals surface area contributed by atoms with Crippen molar-refractivity contribution < 1.29 is 9.53 Å². The van der Waals surface area contributed by atoms with Crippen LogP contribution in [0, 0.1) is 0 Å². The van der Waals surface area contributed by atoms with Gasteiger partial charge in [-0.1, -0.05) is 84.9 Å². The molecule has 0 bridgehead atoms. The molecule has 1 atom stereocenters. The molecule has 4 heteroatoms. The zero-order chi connectivity index (χ0) is 22.9. The zero-order valence-corrected chi connectivity index (χ0v) is 19.5. The van der Waals surface area contributed by atoms with Gasteiger partial charge in [-0.25, -0.2) is 0 Å². The SMILES string of the molecule is CC(=O)NCc1ccc(CCN2CCCCC2OC(c2ccccc2)c2ccccc2)cc1. The topological polar surface area (TPSA) is 41.6 Å². The van der Waals surface area contributed by atoms with Crippen LogP contribution in [0.5, 0.6) is 0 Å². The van der Waals surface area contributed by atoms with Crippen LogP contribution >= 0.6 is 0 Å². The van der Waals surface area contributed by atoms with Crippen molar-refractivity contribution in [3.05, 3.63) is 107 Å². The Labute approximate surface area is 197 Å². The van der Waals surface area contributed by atoms with E-state index >= 15 is 0 Å². The molecule has 1 N–H and O–H groups in total. The van der Waals surface area contributed by atoms with E-state index in [4.69, 9.17) is 4.74 Å². The summed E-state index contributed by atoms with van der Waals surface area (Å²) in [7, 11) is 0. The summed E-state index contributed by atoms with van der Waals surface area (Å²) in [6.07, 6.45) is 4.52. The number of amides is 1. The van der Waals surface area contributed by atoms with Gasteiger partial charge in [0.1, 0.15) is 12.3 Å². The minimum Gasteiger partial charge on any atom is -0.352 e. The Morgan fingerprint density at radius 3 is 2.12 bits per heavy atom. The average Bonchev–Trinajstić information content (AvgIpc) is 2.87. The number of carbonyl (C=O) groups excluding carboxylic acids is 1. The summed E-state index contributed by atoms with van der Waals surface area (Å²) in [4.78, 5) is 13.6. The van der Waals surface area contributed by atoms with Crippen LogP contribution in [0.3, 0.4) is 0 Å². The van der Waals surface area contributed by atoms with Crippen LogP contribution in [0.15, 0.2) is 84.9 Å². The monoisotopic (exact) mass is 442 g/mol. The zero-order valence-electron chi connectivity index (χ0n) is 19.5. The molecule has 0 aliphatic carbocycles. The van der Waals surface area contributed by atoms with Crippen LogP contribution < -0.4 is 5.32 Å². The van der Waals surface area contributed by atoms with Gasteiger partial charge in [0.05, 0.1) is 0 Å². The lowest BCUT2D eigenvalue weighted by molar-refractivity contribution is -0.119. The molecule has 1 aliphatic rings. The fraction of sp³-hybridized carbons (Fsp3) is 0.345. The van der Waals surface area contributed by atoms with E-state index in [9.17, 15) is 4.79 Å². The molecule has 4 nitrogen and oxygen atoms in total. The van der Waals surface area contributed by atoms with Crippen LogP contribution in [0.1, 0.15) is 54.5 Å². The lowest BCUT2D eigenvalue weighted by Crippen LogP contribution is -2.43. The highest BCUT2D eigenvalue weighted by Gasteiger charge is 2.27. The maximum atomic E-state index is 11.1. The van der Waals surface area contributed by atoms with Crippen LogP contribution in [0.2, 0.25) is 0 Å². The van der Waals surface area contributed by atoms with Gasteiger partial charge < -0.3 is 10.1 Å². The number of benzene rings is 3. The summed E-state index contributed by atoms with van der Waals surface area (Å²) in [6.45, 7) is 4.18. The molecule has 0 radical (unpaired) electrons. The molecule has 3 aromatic carbocycles. The average molecular weight is 443 g/mol. The minimum absolute atomic E-state index is 0.000438. The molecule has 4 rings (SSSR count). The summed E-state index contributed by atoms with van der Waals surface area (Å²) >= 11 is 0. The van der Waals surface area contributed by atoms with Crippen molar-refractivity contribution in [3.63, 3.8) is 0 Å². The molecular formula is C29H34N2O2. The highest BCUT2D eigenvalue weighted by atomic mass is 16.5. The second-order valence-corrected chi connectivity index (χ2v) is 8.80. The van der Waals surface area contributed by atoms with Crippen molar-refractivity contribution in [2.45, 2.75) is 51.5 Å². The number of nitrogens with zero attached hydrogens (tertiary/aromatic N) is 1. The molecule has 0 spiro atoms. The molecule has 1 heterocycles. The molecule has 1 unspecified atom stereocenters. The number of piperidine rings is 1. The van der Waals surface area contributed by atoms with Crippen LogP contribution in [-0.2, 0) is 22.5 Å². The largest absolute Gasteiger partial charge is 0.352 e. The Bertz CT molecular complexity index is 950. The first-order valence-electron chi connectivity index (χ1n) is 12.0. The van der Waals surface area contributed by atoms with E-state index in [0.29, 0.717) is 6.54 Å². The van der Waals surface area contributed by atoms with Crippen molar-refractivity contribution >= 4 is 5.91 Å². The van der Waals surface area contributed by atoms with Gasteiger partial charge in [0.25, 0.3) is 0 Å². The number of ether oxygens (including phenoxy) is 1. The quantitative estimate of drug-likeness (QED) is 0.477. The van der Waals surface area contributed by atoms with Gasteiger partial charge in [0.2, 0.25) is 5.91 Å². The van der Waals surface area contributed by atoms with E-state index in [0.717, 1.165) is 31.5 Å². The highest BCUT2D eigenvalue weighted by Crippen LogP contribution is 2.31. The summed E-state index contributed by atoms with van der Waals surface area (Å²) in [5.74, 6) is -0.000438. The van der Waals surface area contributed by atoms with Crippen LogP contribution in [0.4, 0.5) is 0 Å². The summed E-state index contributed by atoms with van der Waals surface area (Å²) < 4.78 is 6.82. The van der Waals surface area contributed by atoms with Crippen molar-refractivity contribution in [3.8, 4) is 0 Å². The van der Waals surface area contributed by atoms with Crippen molar-refractivity contribution in [2.24, 2.45) is 0 Å². The van der Waals surface area contributed by atoms with Gasteiger partial charge in [0, 0.05) is 26.6 Å². The lowest BCUT2D eigenvalue weighted by Gasteiger charge is -2.38. The van der Waals surface area contributed by atoms with E-state index in [1.54, 1.807) is 6.92 Å². The van der Waals surface area contributed by atoms with E-state index < -0.39 is 0 Å². The molecule has 33 heavy (non-hydrogen) atoms. The minimum atomic E-state index is -0.0638. The Morgan fingerprint density at radius 1 is 0.909 bits per heavy atom. The third kappa shape index (κ3) is 6.77. The molecule has 1 aliphatic heterocycles. The first-order chi connectivity index (χ1) is 16.2. The van der Waals surface area contributed by atoms with Crippen molar-refractivity contribution in [2.75, 3.05) is 13.1 Å². The molecule has 0 saturated carbocycles. The molecule has 3 aromatic rings. The standard InChI is InChI=1S/C29H34N2O2/c1-23(32)30-22-25-17-15-24(16-18-25)19-21-31-20-9-8-14-28(31)33-29(26-10-4-2-5-11-26)27-12-6-3-7-13-27/h2-7,10-13,15-18,28-29H,8-9,14,19-22H2,1H3,(H,30,32). The molecule has 1 fully saturated rings. The highest BCUT2D eigenvalue weighted by molar-refractivity contribution is 5.72. The van der Waals surface area contributed by atoms with E-state index in [1.807, 2.05) is 0 Å². The summed E-state index contributed by atoms with van der Waals surface area (Å²) in [5.41, 5.74) is 4.84. The number of hydrogen-bond acceptors (Lipinski definition) is 3. The molecule has 172 valence electrons. The summed E-state index contributed by atoms with van der Waals surface area (Å²) in [5, 5.41) is 2.85. The molecular weight excluding hydrogens is 408 g/mol. The number of likely N-dealkylation sites (tertiary alicyclic amines) is 1. The maximum Gasteiger partial charge on any atom is 0.217 e. The number of hydrogen-bond donors (Lipinski definition) is 1. The fourth-order valence-electron chi connectivity index (χ4n) is 4.46. The predicted molar refractivity (Wildman–Crippen MR) is 133 cm³/mol. The van der Waals surface area contributed by atoms with Gasteiger partial charge in [-0.15, -0.1) is 0 Å². The van der Waals surface area contributed by atoms with Gasteiger partial charge in [-0.05, 0) is 47.9 Å². The Kier molecular flexibility index (Phi) is 8.29. The molecule has 1 saturated heterocycles. The van der Waals surface area contributed by atoms with Gasteiger partial charge >= 0.3 is 0 Å². The van der Waals surface area contributed by atoms with E-state index in [2.05, 4.69) is 95.1 Å². The maximum absolute atomic E-state index is 11.1. The van der Waals surface area contributed by atoms with Crippen molar-refractivity contribution in [1.82, 2.24) is 10.2 Å². The van der Waals surface area contributed by atoms with E-state index in [1.165, 1.54) is 29.5 Å². The number of rotatable bonds is 9. The smallest absolute Gasteiger partial charge is 0.217 e. The normalized spacial score (nSPS) is 16.6. The van der Waals surface area contributed by atoms with Gasteiger partial charge in [-0.2, -0.15) is 0 Å². The molecule has 0 aromatic heterocycles. The predicted octanol–water partition coefficient (Wildman–Crippen LogP) is 5.48.